The molecule has 2 heteroatoms. The quantitative estimate of drug-likeness (QED) is 0.533. The summed E-state index contributed by atoms with van der Waals surface area (Å²) in [6, 6.07) is 0. The molecule has 0 amide bonds. The third-order valence-electron chi connectivity index (χ3n) is 1.23. The minimum absolute atomic E-state index is 0.321. The number of alkyl halides is 1. The molecule has 1 aliphatic rings. The summed E-state index contributed by atoms with van der Waals surface area (Å²) >= 11 is 3.33. The number of halogens is 1. The fourth-order valence-electron chi connectivity index (χ4n) is 0.585. The SMILES string of the molecule is CC(=O)[C@H]1CC1Br. The van der Waals surface area contributed by atoms with Crippen LogP contribution in [0.3, 0.4) is 0 Å². The van der Waals surface area contributed by atoms with Crippen molar-refractivity contribution in [3.8, 4) is 0 Å². The first-order valence-corrected chi connectivity index (χ1v) is 3.28. The first-order valence-electron chi connectivity index (χ1n) is 2.36. The van der Waals surface area contributed by atoms with Crippen molar-refractivity contribution in [3.63, 3.8) is 0 Å². The van der Waals surface area contributed by atoms with Crippen molar-refractivity contribution in [2.24, 2.45) is 5.92 Å². The second kappa shape index (κ2) is 1.58. The molecule has 1 aliphatic carbocycles. The lowest BCUT2D eigenvalue weighted by Gasteiger charge is -1.79. The van der Waals surface area contributed by atoms with E-state index in [1.165, 1.54) is 0 Å². The molecule has 0 heterocycles. The lowest BCUT2D eigenvalue weighted by Crippen LogP contribution is -1.92. The first-order chi connectivity index (χ1) is 3.22. The maximum Gasteiger partial charge on any atom is 0.134 e. The highest BCUT2D eigenvalue weighted by atomic mass is 79.9. The van der Waals surface area contributed by atoms with Gasteiger partial charge in [0.05, 0.1) is 0 Å². The van der Waals surface area contributed by atoms with Crippen LogP contribution in [0.1, 0.15) is 13.3 Å². The number of hydrogen-bond donors (Lipinski definition) is 0. The first kappa shape index (κ1) is 5.29. The Morgan fingerprint density at radius 1 is 1.86 bits per heavy atom. The summed E-state index contributed by atoms with van der Waals surface area (Å²) in [5.41, 5.74) is 0. The molecule has 0 saturated heterocycles. The second-order valence-electron chi connectivity index (χ2n) is 1.97. The predicted molar refractivity (Wildman–Crippen MR) is 31.5 cm³/mol. The van der Waals surface area contributed by atoms with Gasteiger partial charge in [0.2, 0.25) is 0 Å². The Morgan fingerprint density at radius 3 is 2.29 bits per heavy atom. The summed E-state index contributed by atoms with van der Waals surface area (Å²) in [5, 5.41) is 0. The van der Waals surface area contributed by atoms with Crippen LogP contribution in [-0.4, -0.2) is 10.6 Å². The molecule has 0 aromatic rings. The van der Waals surface area contributed by atoms with Crippen LogP contribution in [0.2, 0.25) is 0 Å². The number of ketones is 1. The van der Waals surface area contributed by atoms with Gasteiger partial charge in [-0.15, -0.1) is 0 Å². The molecule has 7 heavy (non-hydrogen) atoms. The number of hydrogen-bond acceptors (Lipinski definition) is 1. The standard InChI is InChI=1S/C5H7BrO/c1-3(7)4-2-5(4)6/h4-5H,2H2,1H3/t4-,5?/m1/s1. The highest BCUT2D eigenvalue weighted by Gasteiger charge is 2.38. The maximum absolute atomic E-state index is 10.4. The molecule has 40 valence electrons. The summed E-state index contributed by atoms with van der Waals surface area (Å²) in [6.45, 7) is 1.64. The van der Waals surface area contributed by atoms with Gasteiger partial charge in [0.25, 0.3) is 0 Å². The third kappa shape index (κ3) is 1.03. The van der Waals surface area contributed by atoms with Gasteiger partial charge in [0, 0.05) is 10.7 Å². The molecule has 1 unspecified atom stereocenters. The van der Waals surface area contributed by atoms with E-state index in [2.05, 4.69) is 15.9 Å². The van der Waals surface area contributed by atoms with E-state index in [0.29, 0.717) is 16.5 Å². The van der Waals surface area contributed by atoms with Crippen LogP contribution < -0.4 is 0 Å². The van der Waals surface area contributed by atoms with Gasteiger partial charge >= 0.3 is 0 Å². The fourth-order valence-corrected chi connectivity index (χ4v) is 1.36. The molecule has 0 aliphatic heterocycles. The van der Waals surface area contributed by atoms with E-state index in [9.17, 15) is 4.79 Å². The molecule has 1 saturated carbocycles. The Labute approximate surface area is 51.2 Å². The van der Waals surface area contributed by atoms with Gasteiger partial charge in [-0.2, -0.15) is 0 Å². The smallest absolute Gasteiger partial charge is 0.134 e. The highest BCUT2D eigenvalue weighted by molar-refractivity contribution is 9.09. The van der Waals surface area contributed by atoms with E-state index in [4.69, 9.17) is 0 Å². The molecule has 0 aromatic carbocycles. The van der Waals surface area contributed by atoms with Gasteiger partial charge < -0.3 is 0 Å². The Bertz CT molecular complexity index is 100. The lowest BCUT2D eigenvalue weighted by atomic mass is 10.3. The minimum atomic E-state index is 0.321. The second-order valence-corrected chi connectivity index (χ2v) is 3.14. The summed E-state index contributed by atoms with van der Waals surface area (Å²) in [4.78, 5) is 10.9. The van der Waals surface area contributed by atoms with Gasteiger partial charge in [-0.25, -0.2) is 0 Å². The Kier molecular flexibility index (Phi) is 1.20. The number of carbonyl (C=O) groups excluding carboxylic acids is 1. The molecule has 0 N–H and O–H groups in total. The van der Waals surface area contributed by atoms with Crippen LogP contribution in [0, 0.1) is 5.92 Å². The number of carbonyl (C=O) groups is 1. The molecule has 0 aromatic heterocycles. The van der Waals surface area contributed by atoms with Crippen molar-refractivity contribution < 1.29 is 4.79 Å². The van der Waals surface area contributed by atoms with Crippen molar-refractivity contribution >= 4 is 21.7 Å². The molecule has 2 atom stereocenters. The summed E-state index contributed by atoms with van der Waals surface area (Å²) < 4.78 is 0. The van der Waals surface area contributed by atoms with Gasteiger partial charge in [0.1, 0.15) is 5.78 Å². The molecule has 1 rings (SSSR count). The highest BCUT2D eigenvalue weighted by Crippen LogP contribution is 2.37. The monoisotopic (exact) mass is 162 g/mol. The topological polar surface area (TPSA) is 17.1 Å². The molecule has 1 fully saturated rings. The summed E-state index contributed by atoms with van der Waals surface area (Å²) in [5.74, 6) is 0.668. The Hall–Kier alpha value is 0.150. The van der Waals surface area contributed by atoms with Gasteiger partial charge in [-0.1, -0.05) is 15.9 Å². The van der Waals surface area contributed by atoms with Crippen LogP contribution in [0.15, 0.2) is 0 Å². The fraction of sp³-hybridized carbons (Fsp3) is 0.800. The largest absolute Gasteiger partial charge is 0.300 e. The zero-order chi connectivity index (χ0) is 5.44. The molecule has 0 bridgehead atoms. The third-order valence-corrected chi connectivity index (χ3v) is 2.25. The van der Waals surface area contributed by atoms with Crippen LogP contribution in [0.25, 0.3) is 0 Å². The van der Waals surface area contributed by atoms with E-state index in [0.717, 1.165) is 6.42 Å². The van der Waals surface area contributed by atoms with E-state index in [-0.39, 0.29) is 0 Å². The van der Waals surface area contributed by atoms with Crippen LogP contribution in [0.5, 0.6) is 0 Å². The van der Waals surface area contributed by atoms with Gasteiger partial charge in [0.15, 0.2) is 0 Å². The van der Waals surface area contributed by atoms with Crippen LogP contribution in [0.4, 0.5) is 0 Å². The van der Waals surface area contributed by atoms with Crippen LogP contribution >= 0.6 is 15.9 Å². The average molecular weight is 163 g/mol. The van der Waals surface area contributed by atoms with E-state index < -0.39 is 0 Å². The molecule has 0 spiro atoms. The lowest BCUT2D eigenvalue weighted by molar-refractivity contribution is -0.118. The van der Waals surface area contributed by atoms with Crippen molar-refractivity contribution in [2.75, 3.05) is 0 Å². The van der Waals surface area contributed by atoms with Crippen molar-refractivity contribution in [3.05, 3.63) is 0 Å². The van der Waals surface area contributed by atoms with Crippen LogP contribution in [-0.2, 0) is 4.79 Å². The van der Waals surface area contributed by atoms with Gasteiger partial charge in [-0.3, -0.25) is 4.79 Å². The van der Waals surface area contributed by atoms with Crippen molar-refractivity contribution in [1.29, 1.82) is 0 Å². The Balaban J connectivity index is 2.33. The average Bonchev–Trinajstić information content (AvgIpc) is 2.17. The maximum atomic E-state index is 10.4. The molecular weight excluding hydrogens is 156 g/mol. The Morgan fingerprint density at radius 2 is 2.29 bits per heavy atom. The van der Waals surface area contributed by atoms with E-state index in [1.807, 2.05) is 0 Å². The number of rotatable bonds is 1. The molecule has 1 nitrogen and oxygen atoms in total. The summed E-state index contributed by atoms with van der Waals surface area (Å²) in [6.07, 6.45) is 1.05. The number of Topliss-reactive ketones (excluding diaryl/α,β-unsaturated/α-hetero) is 1. The summed E-state index contributed by atoms with van der Waals surface area (Å²) in [7, 11) is 0. The predicted octanol–water partition coefficient (Wildman–Crippen LogP) is 1.36. The minimum Gasteiger partial charge on any atom is -0.300 e. The normalized spacial score (nSPS) is 38.0. The zero-order valence-corrected chi connectivity index (χ0v) is 5.73. The molecular formula is C5H7BrO. The van der Waals surface area contributed by atoms with Gasteiger partial charge in [-0.05, 0) is 13.3 Å². The van der Waals surface area contributed by atoms with E-state index in [1.54, 1.807) is 6.92 Å². The van der Waals surface area contributed by atoms with Crippen molar-refractivity contribution in [1.82, 2.24) is 0 Å². The van der Waals surface area contributed by atoms with E-state index >= 15 is 0 Å². The zero-order valence-electron chi connectivity index (χ0n) is 4.15. The van der Waals surface area contributed by atoms with Crippen molar-refractivity contribution in [2.45, 2.75) is 18.2 Å². The molecule has 0 radical (unpaired) electrons.